The first kappa shape index (κ1) is 20.2. The third kappa shape index (κ3) is 4.58. The highest BCUT2D eigenvalue weighted by Crippen LogP contribution is 2.37. The molecule has 1 saturated heterocycles. The molecule has 3 nitrogen and oxygen atoms in total. The van der Waals surface area contributed by atoms with Gasteiger partial charge < -0.3 is 10.1 Å². The molecule has 1 aromatic heterocycles. The zero-order valence-electron chi connectivity index (χ0n) is 12.8. The molecule has 0 bridgehead atoms. The first-order valence-electron chi connectivity index (χ1n) is 7.11. The summed E-state index contributed by atoms with van der Waals surface area (Å²) >= 11 is 1.73. The number of methoxy groups -OCH3 is 1. The summed E-state index contributed by atoms with van der Waals surface area (Å²) in [4.78, 5) is 3.69. The Bertz CT molecular complexity index is 592. The lowest BCUT2D eigenvalue weighted by atomic mass is 10.0. The molecular formula is C16H21Cl2FN2OS. The van der Waals surface area contributed by atoms with E-state index in [1.54, 1.807) is 18.4 Å². The maximum atomic E-state index is 13.5. The Hall–Kier alpha value is -0.850. The van der Waals surface area contributed by atoms with E-state index in [2.05, 4.69) is 27.7 Å². The van der Waals surface area contributed by atoms with Gasteiger partial charge in [-0.3, -0.25) is 4.90 Å². The van der Waals surface area contributed by atoms with Crippen LogP contribution in [0.3, 0.4) is 0 Å². The zero-order valence-corrected chi connectivity index (χ0v) is 15.3. The largest absolute Gasteiger partial charge is 0.496 e. The van der Waals surface area contributed by atoms with Gasteiger partial charge in [-0.05, 0) is 17.5 Å². The minimum absolute atomic E-state index is 0. The Kier molecular flexibility index (Phi) is 8.29. The van der Waals surface area contributed by atoms with Gasteiger partial charge in [-0.1, -0.05) is 12.1 Å². The fourth-order valence-corrected chi connectivity index (χ4v) is 3.70. The molecule has 3 rings (SSSR count). The summed E-state index contributed by atoms with van der Waals surface area (Å²) in [5.41, 5.74) is 1.03. The minimum Gasteiger partial charge on any atom is -0.496 e. The average Bonchev–Trinajstić information content (AvgIpc) is 3.04. The smallest absolute Gasteiger partial charge is 0.126 e. The quantitative estimate of drug-likeness (QED) is 0.876. The molecule has 0 saturated carbocycles. The predicted octanol–water partition coefficient (Wildman–Crippen LogP) is 3.73. The summed E-state index contributed by atoms with van der Waals surface area (Å²) in [5.74, 6) is 0.354. The molecule has 0 unspecified atom stereocenters. The number of hydrogen-bond donors (Lipinski definition) is 1. The van der Waals surface area contributed by atoms with E-state index in [0.29, 0.717) is 5.75 Å². The molecule has 2 aromatic rings. The van der Waals surface area contributed by atoms with Crippen molar-refractivity contribution in [3.05, 3.63) is 52.0 Å². The van der Waals surface area contributed by atoms with E-state index in [1.807, 2.05) is 6.07 Å². The second kappa shape index (κ2) is 9.45. The van der Waals surface area contributed by atoms with Gasteiger partial charge in [0.15, 0.2) is 0 Å². The Morgan fingerprint density at radius 1 is 1.22 bits per heavy atom. The van der Waals surface area contributed by atoms with Crippen molar-refractivity contribution in [3.8, 4) is 5.75 Å². The van der Waals surface area contributed by atoms with Crippen molar-refractivity contribution >= 4 is 36.2 Å². The highest BCUT2D eigenvalue weighted by Gasteiger charge is 2.27. The SMILES string of the molecule is COc1cc(F)ccc1[C@@H](c1cccs1)N1CCNCC1.Cl.Cl. The van der Waals surface area contributed by atoms with Crippen LogP contribution in [0.5, 0.6) is 5.75 Å². The molecule has 1 aliphatic rings. The number of ether oxygens (including phenoxy) is 1. The number of rotatable bonds is 4. The van der Waals surface area contributed by atoms with Crippen LogP contribution in [0.25, 0.3) is 0 Å². The fourth-order valence-electron chi connectivity index (χ4n) is 2.83. The van der Waals surface area contributed by atoms with Crippen molar-refractivity contribution in [1.82, 2.24) is 10.2 Å². The van der Waals surface area contributed by atoms with E-state index in [4.69, 9.17) is 4.74 Å². The Labute approximate surface area is 152 Å². The van der Waals surface area contributed by atoms with E-state index in [-0.39, 0.29) is 36.7 Å². The van der Waals surface area contributed by atoms with Crippen molar-refractivity contribution in [1.29, 1.82) is 0 Å². The summed E-state index contributed by atoms with van der Waals surface area (Å²) < 4.78 is 18.9. The number of nitrogens with zero attached hydrogens (tertiary/aromatic N) is 1. The number of hydrogen-bond acceptors (Lipinski definition) is 4. The maximum absolute atomic E-state index is 13.5. The molecule has 0 amide bonds. The molecule has 0 radical (unpaired) electrons. The van der Waals surface area contributed by atoms with E-state index in [9.17, 15) is 4.39 Å². The van der Waals surface area contributed by atoms with Crippen LogP contribution in [0.4, 0.5) is 4.39 Å². The number of halogens is 3. The van der Waals surface area contributed by atoms with Gasteiger partial charge >= 0.3 is 0 Å². The van der Waals surface area contributed by atoms with Crippen LogP contribution in [0.1, 0.15) is 16.5 Å². The van der Waals surface area contributed by atoms with Gasteiger partial charge in [0, 0.05) is 42.7 Å². The lowest BCUT2D eigenvalue weighted by Gasteiger charge is -2.35. The third-order valence-electron chi connectivity index (χ3n) is 3.82. The monoisotopic (exact) mass is 378 g/mol. The van der Waals surface area contributed by atoms with Gasteiger partial charge in [0.1, 0.15) is 11.6 Å². The number of benzene rings is 1. The molecule has 1 aliphatic heterocycles. The van der Waals surface area contributed by atoms with Crippen LogP contribution in [-0.2, 0) is 0 Å². The summed E-state index contributed by atoms with van der Waals surface area (Å²) in [6.07, 6.45) is 0. The lowest BCUT2D eigenvalue weighted by molar-refractivity contribution is 0.197. The van der Waals surface area contributed by atoms with E-state index < -0.39 is 0 Å². The minimum atomic E-state index is -0.263. The first-order valence-corrected chi connectivity index (χ1v) is 7.99. The van der Waals surface area contributed by atoms with Gasteiger partial charge in [-0.25, -0.2) is 4.39 Å². The molecule has 0 aliphatic carbocycles. The van der Waals surface area contributed by atoms with Gasteiger partial charge in [0.25, 0.3) is 0 Å². The van der Waals surface area contributed by atoms with Crippen LogP contribution in [0.2, 0.25) is 0 Å². The second-order valence-corrected chi connectivity index (χ2v) is 6.07. The molecule has 1 atom stereocenters. The molecule has 2 heterocycles. The highest BCUT2D eigenvalue weighted by molar-refractivity contribution is 7.10. The maximum Gasteiger partial charge on any atom is 0.126 e. The average molecular weight is 379 g/mol. The van der Waals surface area contributed by atoms with E-state index >= 15 is 0 Å². The van der Waals surface area contributed by atoms with Crippen molar-refractivity contribution in [3.63, 3.8) is 0 Å². The Balaban J connectivity index is 0.00000132. The van der Waals surface area contributed by atoms with Crippen LogP contribution in [0.15, 0.2) is 35.7 Å². The van der Waals surface area contributed by atoms with Crippen LogP contribution < -0.4 is 10.1 Å². The number of piperazine rings is 1. The molecule has 1 aromatic carbocycles. The van der Waals surface area contributed by atoms with E-state index in [0.717, 1.165) is 31.7 Å². The molecular weight excluding hydrogens is 358 g/mol. The summed E-state index contributed by atoms with van der Waals surface area (Å²) in [7, 11) is 1.60. The second-order valence-electron chi connectivity index (χ2n) is 5.09. The molecule has 7 heteroatoms. The van der Waals surface area contributed by atoms with Gasteiger partial charge in [0.05, 0.1) is 13.2 Å². The number of thiophene rings is 1. The highest BCUT2D eigenvalue weighted by atomic mass is 35.5. The van der Waals surface area contributed by atoms with Crippen LogP contribution in [0, 0.1) is 5.82 Å². The van der Waals surface area contributed by atoms with E-state index in [1.165, 1.54) is 17.0 Å². The first-order chi connectivity index (χ1) is 10.3. The summed E-state index contributed by atoms with van der Waals surface area (Å²) in [6, 6.07) is 9.16. The summed E-state index contributed by atoms with van der Waals surface area (Å²) in [5, 5.41) is 5.46. The Morgan fingerprint density at radius 2 is 1.96 bits per heavy atom. The van der Waals surface area contributed by atoms with Crippen molar-refractivity contribution in [2.24, 2.45) is 0 Å². The molecule has 1 N–H and O–H groups in total. The number of nitrogens with one attached hydrogen (secondary N) is 1. The van der Waals surface area contributed by atoms with Crippen LogP contribution in [-0.4, -0.2) is 38.2 Å². The molecule has 23 heavy (non-hydrogen) atoms. The predicted molar refractivity (Wildman–Crippen MR) is 98.1 cm³/mol. The zero-order chi connectivity index (χ0) is 14.7. The summed E-state index contributed by atoms with van der Waals surface area (Å²) in [6.45, 7) is 3.91. The van der Waals surface area contributed by atoms with Gasteiger partial charge in [-0.15, -0.1) is 36.2 Å². The molecule has 128 valence electrons. The van der Waals surface area contributed by atoms with Crippen molar-refractivity contribution < 1.29 is 9.13 Å². The third-order valence-corrected chi connectivity index (χ3v) is 4.74. The topological polar surface area (TPSA) is 24.5 Å². The molecule has 0 spiro atoms. The standard InChI is InChI=1S/C16H19FN2OS.2ClH/c1-20-14-11-12(17)4-5-13(14)16(15-3-2-10-21-15)19-8-6-18-7-9-19;;/h2-5,10-11,16,18H,6-9H2,1H3;2*1H/t16-;;/m0../s1. The fraction of sp³-hybridized carbons (Fsp3) is 0.375. The molecule has 1 fully saturated rings. The Morgan fingerprint density at radius 3 is 2.57 bits per heavy atom. The lowest BCUT2D eigenvalue weighted by Crippen LogP contribution is -2.45. The van der Waals surface area contributed by atoms with Gasteiger partial charge in [0.2, 0.25) is 0 Å². The van der Waals surface area contributed by atoms with Crippen molar-refractivity contribution in [2.45, 2.75) is 6.04 Å². The van der Waals surface area contributed by atoms with Gasteiger partial charge in [-0.2, -0.15) is 0 Å². The van der Waals surface area contributed by atoms with Crippen LogP contribution >= 0.6 is 36.2 Å². The normalized spacial score (nSPS) is 16.1. The van der Waals surface area contributed by atoms with Crippen molar-refractivity contribution in [2.75, 3.05) is 33.3 Å².